The number of aliphatic carboxylic acids is 1. The number of rotatable bonds is 10. The number of aryl methyl sites for hydroxylation is 1. The monoisotopic (exact) mass is 498 g/mol. The first kappa shape index (κ1) is 25.4. The summed E-state index contributed by atoms with van der Waals surface area (Å²) in [5, 5.41) is 11.4. The summed E-state index contributed by atoms with van der Waals surface area (Å²) in [6.07, 6.45) is 3.90. The predicted octanol–water partition coefficient (Wildman–Crippen LogP) is 6.34. The van der Waals surface area contributed by atoms with Crippen LogP contribution in [0.2, 0.25) is 5.02 Å². The molecule has 0 bridgehead atoms. The number of methoxy groups -OCH3 is 1. The second-order valence-corrected chi connectivity index (χ2v) is 9.79. The lowest BCUT2D eigenvalue weighted by Gasteiger charge is -2.37. The number of ether oxygens (including phenoxy) is 1. The van der Waals surface area contributed by atoms with Gasteiger partial charge in [-0.1, -0.05) is 23.7 Å². The quantitative estimate of drug-likeness (QED) is 0.353. The van der Waals surface area contributed by atoms with E-state index in [1.54, 1.807) is 19.4 Å². The molecule has 0 amide bonds. The van der Waals surface area contributed by atoms with Crippen LogP contribution in [-0.4, -0.2) is 47.7 Å². The fraction of sp³-hybridized carbons (Fsp3) is 0.429. The van der Waals surface area contributed by atoms with Crippen LogP contribution >= 0.6 is 11.6 Å². The summed E-state index contributed by atoms with van der Waals surface area (Å²) in [5.41, 5.74) is 2.50. The summed E-state index contributed by atoms with van der Waals surface area (Å²) in [4.78, 5) is 18.6. The lowest BCUT2D eigenvalue weighted by molar-refractivity contribution is -0.146. The molecular weight excluding hydrogens is 467 g/mol. The van der Waals surface area contributed by atoms with E-state index in [-0.39, 0.29) is 5.92 Å². The number of carboxylic acid groups (broad SMARTS) is 1. The first-order valence-corrected chi connectivity index (χ1v) is 12.6. The molecule has 2 aromatic carbocycles. The third-order valence-corrected chi connectivity index (χ3v) is 7.33. The van der Waals surface area contributed by atoms with Gasteiger partial charge in [-0.05, 0) is 98.6 Å². The largest absolute Gasteiger partial charge is 0.497 e. The van der Waals surface area contributed by atoms with E-state index in [0.717, 1.165) is 48.3 Å². The Hall–Kier alpha value is -2.70. The summed E-state index contributed by atoms with van der Waals surface area (Å²) in [6.45, 7) is 2.21. The third-order valence-electron chi connectivity index (χ3n) is 7.10. The van der Waals surface area contributed by atoms with Gasteiger partial charge in [0.25, 0.3) is 0 Å². The number of aromatic nitrogens is 1. The van der Waals surface area contributed by atoms with E-state index in [0.29, 0.717) is 30.7 Å². The Labute approximate surface area is 210 Å². The molecule has 4 rings (SSSR count). The highest BCUT2D eigenvalue weighted by Gasteiger charge is 2.34. The zero-order chi connectivity index (χ0) is 24.8. The Morgan fingerprint density at radius 2 is 2.14 bits per heavy atom. The Bertz CT molecular complexity index is 1160. The van der Waals surface area contributed by atoms with E-state index in [2.05, 4.69) is 16.0 Å². The number of nitrogens with zero attached hydrogens (tertiary/aromatic N) is 2. The van der Waals surface area contributed by atoms with E-state index >= 15 is 4.39 Å². The molecule has 1 aliphatic heterocycles. The lowest BCUT2D eigenvalue weighted by Crippen LogP contribution is -2.44. The van der Waals surface area contributed by atoms with Crippen LogP contribution in [0.1, 0.15) is 43.0 Å². The van der Waals surface area contributed by atoms with Crippen LogP contribution in [0.4, 0.5) is 4.39 Å². The molecule has 3 atom stereocenters. The summed E-state index contributed by atoms with van der Waals surface area (Å²) in [5.74, 6) is -0.634. The SMILES string of the molecule is COc1ccc2nccc([C@H](F)CC[C@@H]3CCN(CCCc4cccc(Cl)c4)C[C@@H]3C(=O)O)c2c1. The third kappa shape index (κ3) is 6.50. The molecule has 0 spiro atoms. The van der Waals surface area contributed by atoms with Crippen molar-refractivity contribution in [2.24, 2.45) is 11.8 Å². The van der Waals surface area contributed by atoms with Crippen LogP contribution in [0.25, 0.3) is 10.9 Å². The number of fused-ring (bicyclic) bond motifs is 1. The molecule has 1 saturated heterocycles. The summed E-state index contributed by atoms with van der Waals surface area (Å²) >= 11 is 6.06. The number of likely N-dealkylation sites (tertiary alicyclic amines) is 1. The molecule has 186 valence electrons. The highest BCUT2D eigenvalue weighted by molar-refractivity contribution is 6.30. The van der Waals surface area contributed by atoms with Gasteiger partial charge in [0.2, 0.25) is 0 Å². The maximum Gasteiger partial charge on any atom is 0.308 e. The first-order chi connectivity index (χ1) is 16.9. The average molecular weight is 499 g/mol. The van der Waals surface area contributed by atoms with Gasteiger partial charge in [-0.25, -0.2) is 4.39 Å². The van der Waals surface area contributed by atoms with E-state index in [9.17, 15) is 9.90 Å². The lowest BCUT2D eigenvalue weighted by atomic mass is 9.81. The number of carboxylic acids is 1. The van der Waals surface area contributed by atoms with E-state index in [1.807, 2.05) is 36.4 Å². The van der Waals surface area contributed by atoms with Gasteiger partial charge >= 0.3 is 5.97 Å². The zero-order valence-corrected chi connectivity index (χ0v) is 20.8. The highest BCUT2D eigenvalue weighted by Crippen LogP contribution is 2.35. The van der Waals surface area contributed by atoms with E-state index < -0.39 is 18.1 Å². The minimum absolute atomic E-state index is 0.0300. The number of piperidine rings is 1. The zero-order valence-electron chi connectivity index (χ0n) is 20.0. The second-order valence-electron chi connectivity index (χ2n) is 9.36. The number of carbonyl (C=O) groups is 1. The fourth-order valence-electron chi connectivity index (χ4n) is 5.16. The number of hydrogen-bond acceptors (Lipinski definition) is 4. The van der Waals surface area contributed by atoms with Crippen molar-refractivity contribution >= 4 is 28.5 Å². The topological polar surface area (TPSA) is 62.7 Å². The van der Waals surface area contributed by atoms with Gasteiger partial charge in [-0.15, -0.1) is 0 Å². The van der Waals surface area contributed by atoms with Crippen LogP contribution < -0.4 is 4.74 Å². The minimum atomic E-state index is -1.18. The van der Waals surface area contributed by atoms with Gasteiger partial charge in [0, 0.05) is 23.2 Å². The van der Waals surface area contributed by atoms with Gasteiger partial charge in [0.15, 0.2) is 0 Å². The van der Waals surface area contributed by atoms with Crippen LogP contribution in [0.3, 0.4) is 0 Å². The Balaban J connectivity index is 1.33. The second kappa shape index (κ2) is 11.8. The van der Waals surface area contributed by atoms with E-state index in [4.69, 9.17) is 16.3 Å². The molecule has 1 fully saturated rings. The van der Waals surface area contributed by atoms with Crippen LogP contribution in [0.15, 0.2) is 54.7 Å². The van der Waals surface area contributed by atoms with Gasteiger partial charge in [-0.3, -0.25) is 9.78 Å². The molecule has 0 radical (unpaired) electrons. The van der Waals surface area contributed by atoms with Crippen LogP contribution in [0.5, 0.6) is 5.75 Å². The highest BCUT2D eigenvalue weighted by atomic mass is 35.5. The molecule has 0 aliphatic carbocycles. The van der Waals surface area contributed by atoms with Crippen molar-refractivity contribution in [2.45, 2.75) is 38.3 Å². The maximum absolute atomic E-state index is 15.4. The smallest absolute Gasteiger partial charge is 0.308 e. The number of benzene rings is 2. The minimum Gasteiger partial charge on any atom is -0.497 e. The molecule has 0 unspecified atom stereocenters. The molecule has 1 aliphatic rings. The van der Waals surface area contributed by atoms with Gasteiger partial charge < -0.3 is 14.7 Å². The van der Waals surface area contributed by atoms with Gasteiger partial charge in [0.05, 0.1) is 18.5 Å². The molecule has 1 aromatic heterocycles. The maximum atomic E-state index is 15.4. The van der Waals surface area contributed by atoms with Crippen molar-refractivity contribution in [1.82, 2.24) is 9.88 Å². The fourth-order valence-corrected chi connectivity index (χ4v) is 5.37. The molecule has 35 heavy (non-hydrogen) atoms. The summed E-state index contributed by atoms with van der Waals surface area (Å²) in [6, 6.07) is 15.0. The predicted molar refractivity (Wildman–Crippen MR) is 137 cm³/mol. The van der Waals surface area contributed by atoms with Gasteiger partial charge in [0.1, 0.15) is 11.9 Å². The Kier molecular flexibility index (Phi) is 8.58. The van der Waals surface area contributed by atoms with Crippen LogP contribution in [-0.2, 0) is 11.2 Å². The molecular formula is C28H32ClFN2O3. The number of alkyl halides is 1. The number of halogens is 2. The Morgan fingerprint density at radius 1 is 1.29 bits per heavy atom. The average Bonchev–Trinajstić information content (AvgIpc) is 2.87. The standard InChI is InChI=1S/C28H32ClFN2O3/c1-35-22-8-10-27-24(17-22)23(11-13-31-27)26(30)9-7-20-12-15-32(18-25(20)28(33)34)14-3-5-19-4-2-6-21(29)16-19/h2,4,6,8,10-11,13,16-17,20,25-26H,3,5,7,9,12,14-15,18H2,1H3,(H,33,34)/t20-,25+,26-/m1/s1. The molecule has 2 heterocycles. The van der Waals surface area contributed by atoms with Crippen molar-refractivity contribution in [3.05, 3.63) is 70.9 Å². The van der Waals surface area contributed by atoms with Crippen LogP contribution in [0, 0.1) is 11.8 Å². The number of hydrogen-bond donors (Lipinski definition) is 1. The van der Waals surface area contributed by atoms with Crippen molar-refractivity contribution in [1.29, 1.82) is 0 Å². The summed E-state index contributed by atoms with van der Waals surface area (Å²) in [7, 11) is 1.58. The molecule has 5 nitrogen and oxygen atoms in total. The first-order valence-electron chi connectivity index (χ1n) is 12.2. The van der Waals surface area contributed by atoms with Crippen molar-refractivity contribution in [2.75, 3.05) is 26.7 Å². The van der Waals surface area contributed by atoms with Crippen molar-refractivity contribution in [3.8, 4) is 5.75 Å². The molecule has 7 heteroatoms. The van der Waals surface area contributed by atoms with Crippen molar-refractivity contribution < 1.29 is 19.0 Å². The molecule has 0 saturated carbocycles. The summed E-state index contributed by atoms with van der Waals surface area (Å²) < 4.78 is 20.7. The molecule has 1 N–H and O–H groups in total. The Morgan fingerprint density at radius 3 is 2.91 bits per heavy atom. The van der Waals surface area contributed by atoms with E-state index in [1.165, 1.54) is 5.56 Å². The normalized spacial score (nSPS) is 19.5. The molecule has 3 aromatic rings. The van der Waals surface area contributed by atoms with Crippen molar-refractivity contribution in [3.63, 3.8) is 0 Å². The number of pyridine rings is 1. The van der Waals surface area contributed by atoms with Gasteiger partial charge in [-0.2, -0.15) is 0 Å².